The lowest BCUT2D eigenvalue weighted by molar-refractivity contribution is -0.122. The van der Waals surface area contributed by atoms with Crippen molar-refractivity contribution in [3.05, 3.63) is 59.7 Å². The smallest absolute Gasteiger partial charge is 0.243 e. The molecule has 1 unspecified atom stereocenters. The molecule has 1 amide bonds. The van der Waals surface area contributed by atoms with Crippen LogP contribution in [0.2, 0.25) is 0 Å². The summed E-state index contributed by atoms with van der Waals surface area (Å²) in [6.07, 6.45) is 0.890. The molecule has 6 nitrogen and oxygen atoms in total. The Morgan fingerprint density at radius 3 is 2.30 bits per heavy atom. The molecule has 0 aliphatic heterocycles. The highest BCUT2D eigenvalue weighted by atomic mass is 32.2. The van der Waals surface area contributed by atoms with Crippen molar-refractivity contribution in [1.29, 1.82) is 0 Å². The predicted molar refractivity (Wildman–Crippen MR) is 98.0 cm³/mol. The fourth-order valence-corrected chi connectivity index (χ4v) is 3.68. The number of hydrogen-bond acceptors (Lipinski definition) is 4. The van der Waals surface area contributed by atoms with Gasteiger partial charge in [-0.05, 0) is 36.8 Å². The van der Waals surface area contributed by atoms with Crippen LogP contribution in [0.1, 0.15) is 12.5 Å². The first-order valence-corrected chi connectivity index (χ1v) is 9.83. The van der Waals surface area contributed by atoms with Crippen molar-refractivity contribution in [2.75, 3.05) is 17.7 Å². The van der Waals surface area contributed by atoms with E-state index in [4.69, 9.17) is 4.74 Å². The van der Waals surface area contributed by atoms with E-state index in [-0.39, 0.29) is 12.2 Å². The Morgan fingerprint density at radius 1 is 1.15 bits per heavy atom. The summed E-state index contributed by atoms with van der Waals surface area (Å²) in [6.45, 7) is 1.54. The Labute approximate surface area is 156 Å². The van der Waals surface area contributed by atoms with Gasteiger partial charge in [0.15, 0.2) is 11.6 Å². The topological polar surface area (TPSA) is 75.7 Å². The van der Waals surface area contributed by atoms with E-state index in [2.05, 4.69) is 5.32 Å². The predicted octanol–water partition coefficient (Wildman–Crippen LogP) is 2.44. The third-order valence-electron chi connectivity index (χ3n) is 3.87. The maximum Gasteiger partial charge on any atom is 0.243 e. The van der Waals surface area contributed by atoms with Crippen LogP contribution in [-0.2, 0) is 21.4 Å². The van der Waals surface area contributed by atoms with E-state index in [9.17, 15) is 22.0 Å². The summed E-state index contributed by atoms with van der Waals surface area (Å²) < 4.78 is 56.7. The second-order valence-corrected chi connectivity index (χ2v) is 7.76. The van der Waals surface area contributed by atoms with Crippen molar-refractivity contribution in [3.8, 4) is 5.75 Å². The zero-order valence-corrected chi connectivity index (χ0v) is 15.9. The molecule has 0 bridgehead atoms. The Morgan fingerprint density at radius 2 is 1.78 bits per heavy atom. The fourth-order valence-electron chi connectivity index (χ4n) is 2.51. The highest BCUT2D eigenvalue weighted by molar-refractivity contribution is 7.92. The lowest BCUT2D eigenvalue weighted by Gasteiger charge is -2.28. The van der Waals surface area contributed by atoms with Gasteiger partial charge in [0.1, 0.15) is 11.8 Å². The molecular weight excluding hydrogens is 378 g/mol. The van der Waals surface area contributed by atoms with Gasteiger partial charge in [0.25, 0.3) is 0 Å². The minimum Gasteiger partial charge on any atom is -0.497 e. The van der Waals surface area contributed by atoms with Crippen LogP contribution in [0.25, 0.3) is 0 Å². The fraction of sp³-hybridized carbons (Fsp3) is 0.278. The number of nitrogens with zero attached hydrogens (tertiary/aromatic N) is 1. The number of halogens is 2. The van der Waals surface area contributed by atoms with Crippen LogP contribution in [-0.4, -0.2) is 33.7 Å². The summed E-state index contributed by atoms with van der Waals surface area (Å²) in [7, 11) is -2.38. The van der Waals surface area contributed by atoms with Crippen LogP contribution in [0.3, 0.4) is 0 Å². The zero-order chi connectivity index (χ0) is 20.2. The lowest BCUT2D eigenvalue weighted by atomic mass is 10.2. The van der Waals surface area contributed by atoms with E-state index in [0.717, 1.165) is 34.3 Å². The van der Waals surface area contributed by atoms with E-state index in [0.29, 0.717) is 5.75 Å². The highest BCUT2D eigenvalue weighted by Gasteiger charge is 2.29. The Hall–Kier alpha value is -2.68. The van der Waals surface area contributed by atoms with E-state index in [1.165, 1.54) is 14.0 Å². The van der Waals surface area contributed by atoms with Crippen LogP contribution in [0, 0.1) is 11.6 Å². The van der Waals surface area contributed by atoms with Gasteiger partial charge in [0, 0.05) is 12.6 Å². The van der Waals surface area contributed by atoms with E-state index in [1.54, 1.807) is 24.3 Å². The summed E-state index contributed by atoms with van der Waals surface area (Å²) in [5.74, 6) is -2.23. The van der Waals surface area contributed by atoms with Gasteiger partial charge in [-0.15, -0.1) is 0 Å². The molecule has 1 N–H and O–H groups in total. The number of carbonyl (C=O) groups excluding carboxylic acids is 1. The van der Waals surface area contributed by atoms with Crippen LogP contribution >= 0.6 is 0 Å². The average Bonchev–Trinajstić information content (AvgIpc) is 2.62. The number of anilines is 1. The number of ether oxygens (including phenoxy) is 1. The molecule has 0 aliphatic rings. The number of sulfonamides is 1. The number of nitrogens with one attached hydrogen (secondary N) is 1. The van der Waals surface area contributed by atoms with E-state index >= 15 is 0 Å². The Kier molecular flexibility index (Phi) is 6.37. The van der Waals surface area contributed by atoms with Crippen LogP contribution in [0.15, 0.2) is 42.5 Å². The number of amides is 1. The van der Waals surface area contributed by atoms with Crippen LogP contribution in [0.5, 0.6) is 5.75 Å². The van der Waals surface area contributed by atoms with Crippen molar-refractivity contribution in [2.45, 2.75) is 19.5 Å². The molecule has 0 spiro atoms. The minimum absolute atomic E-state index is 0.136. The molecule has 27 heavy (non-hydrogen) atoms. The summed E-state index contributed by atoms with van der Waals surface area (Å²) in [5.41, 5.74) is 0.651. The third kappa shape index (κ3) is 5.16. The van der Waals surface area contributed by atoms with E-state index in [1.807, 2.05) is 0 Å². The highest BCUT2D eigenvalue weighted by Crippen LogP contribution is 2.23. The zero-order valence-electron chi connectivity index (χ0n) is 15.1. The minimum atomic E-state index is -3.92. The maximum atomic E-state index is 13.5. The SMILES string of the molecule is COc1ccc(CNC(=O)C(C)N(c2ccc(F)c(F)c2)S(C)(=O)=O)cc1. The average molecular weight is 398 g/mol. The van der Waals surface area contributed by atoms with Crippen molar-refractivity contribution >= 4 is 21.6 Å². The molecule has 0 saturated carbocycles. The molecule has 146 valence electrons. The van der Waals surface area contributed by atoms with Gasteiger partial charge < -0.3 is 10.1 Å². The van der Waals surface area contributed by atoms with Crippen LogP contribution < -0.4 is 14.4 Å². The summed E-state index contributed by atoms with van der Waals surface area (Å²) in [4.78, 5) is 12.4. The number of methoxy groups -OCH3 is 1. The monoisotopic (exact) mass is 398 g/mol. The van der Waals surface area contributed by atoms with Gasteiger partial charge in [0.2, 0.25) is 15.9 Å². The van der Waals surface area contributed by atoms with Gasteiger partial charge >= 0.3 is 0 Å². The molecule has 2 aromatic carbocycles. The molecule has 0 radical (unpaired) electrons. The first-order valence-electron chi connectivity index (χ1n) is 7.98. The van der Waals surface area contributed by atoms with Crippen molar-refractivity contribution in [2.24, 2.45) is 0 Å². The summed E-state index contributed by atoms with van der Waals surface area (Å²) >= 11 is 0. The Bertz CT molecular complexity index is 917. The number of hydrogen-bond donors (Lipinski definition) is 1. The quantitative estimate of drug-likeness (QED) is 0.777. The van der Waals surface area contributed by atoms with Gasteiger partial charge in [-0.2, -0.15) is 0 Å². The Balaban J connectivity index is 2.17. The van der Waals surface area contributed by atoms with Gasteiger partial charge in [-0.3, -0.25) is 9.10 Å². The molecule has 9 heteroatoms. The van der Waals surface area contributed by atoms with Crippen molar-refractivity contribution in [3.63, 3.8) is 0 Å². The molecule has 0 saturated heterocycles. The van der Waals surface area contributed by atoms with Crippen LogP contribution in [0.4, 0.5) is 14.5 Å². The molecule has 2 aromatic rings. The molecule has 0 aliphatic carbocycles. The summed E-state index contributed by atoms with van der Waals surface area (Å²) in [6, 6.07) is 8.47. The van der Waals surface area contributed by atoms with Crippen molar-refractivity contribution < 1.29 is 26.7 Å². The summed E-state index contributed by atoms with van der Waals surface area (Å²) in [5, 5.41) is 2.63. The second kappa shape index (κ2) is 8.34. The van der Waals surface area contributed by atoms with Gasteiger partial charge in [-0.25, -0.2) is 17.2 Å². The molecule has 2 rings (SSSR count). The first kappa shape index (κ1) is 20.6. The molecule has 1 atom stereocenters. The van der Waals surface area contributed by atoms with Gasteiger partial charge in [0.05, 0.1) is 19.1 Å². The second-order valence-electron chi connectivity index (χ2n) is 5.90. The lowest BCUT2D eigenvalue weighted by Crippen LogP contribution is -2.47. The molecule has 0 heterocycles. The standard InChI is InChI=1S/C18H20F2N2O4S/c1-12(18(23)21-11-13-4-7-15(26-2)8-5-13)22(27(3,24)25)14-6-9-16(19)17(20)10-14/h4-10,12H,11H2,1-3H3,(H,21,23). The molecular formula is C18H20F2N2O4S. The van der Waals surface area contributed by atoms with Crippen molar-refractivity contribution in [1.82, 2.24) is 5.32 Å². The molecule has 0 aromatic heterocycles. The van der Waals surface area contributed by atoms with E-state index < -0.39 is 33.6 Å². The third-order valence-corrected chi connectivity index (χ3v) is 5.11. The maximum absolute atomic E-state index is 13.5. The number of carbonyl (C=O) groups is 1. The normalized spacial score (nSPS) is 12.3. The number of rotatable bonds is 7. The molecule has 0 fully saturated rings. The first-order chi connectivity index (χ1) is 12.6. The van der Waals surface area contributed by atoms with Gasteiger partial charge in [-0.1, -0.05) is 12.1 Å². The number of benzene rings is 2. The largest absolute Gasteiger partial charge is 0.497 e.